The van der Waals surface area contributed by atoms with Crippen LogP contribution in [0.1, 0.15) is 5.56 Å². The molecule has 0 nitrogen and oxygen atoms in total. The van der Waals surface area contributed by atoms with Gasteiger partial charge in [0.1, 0.15) is 0 Å². The molecule has 60 valence electrons. The number of benzene rings is 1. The Morgan fingerprint density at radius 3 is 2.25 bits per heavy atom. The van der Waals surface area contributed by atoms with E-state index in [9.17, 15) is 0 Å². The molecule has 0 aliphatic carbocycles. The SMILES string of the molecule is Cc1ccc(-c2cc[pH]c2)cc1. The molecule has 12 heavy (non-hydrogen) atoms. The highest BCUT2D eigenvalue weighted by Crippen LogP contribution is 2.24. The number of hydrogen-bond acceptors (Lipinski definition) is 0. The van der Waals surface area contributed by atoms with Crippen LogP contribution < -0.4 is 0 Å². The van der Waals surface area contributed by atoms with E-state index < -0.39 is 0 Å². The first-order chi connectivity index (χ1) is 5.86. The van der Waals surface area contributed by atoms with Crippen LogP contribution in [0.25, 0.3) is 11.1 Å². The Morgan fingerprint density at radius 1 is 0.917 bits per heavy atom. The quantitative estimate of drug-likeness (QED) is 0.618. The summed E-state index contributed by atoms with van der Waals surface area (Å²) in [4.78, 5) is 0. The topological polar surface area (TPSA) is 0 Å². The second-order valence-corrected chi connectivity index (χ2v) is 3.92. The Balaban J connectivity index is 2.43. The van der Waals surface area contributed by atoms with Gasteiger partial charge in [-0.1, -0.05) is 35.9 Å². The van der Waals surface area contributed by atoms with Crippen LogP contribution in [-0.4, -0.2) is 0 Å². The van der Waals surface area contributed by atoms with Gasteiger partial charge in [-0.15, -0.1) is 8.19 Å². The summed E-state index contributed by atoms with van der Waals surface area (Å²) in [5.74, 6) is 4.50. The molecule has 0 saturated heterocycles. The number of rotatable bonds is 1. The fraction of sp³-hybridized carbons (Fsp3) is 0.0909. The third-order valence-electron chi connectivity index (χ3n) is 1.98. The summed E-state index contributed by atoms with van der Waals surface area (Å²) < 4.78 is 0. The molecular formula is C11H11P. The molecule has 0 N–H and O–H groups in total. The third kappa shape index (κ3) is 1.44. The van der Waals surface area contributed by atoms with Crippen molar-refractivity contribution < 1.29 is 0 Å². The summed E-state index contributed by atoms with van der Waals surface area (Å²) in [6, 6.07) is 10.9. The number of aryl methyl sites for hydroxylation is 1. The van der Waals surface area contributed by atoms with Crippen molar-refractivity contribution in [2.75, 3.05) is 0 Å². The Bertz CT molecular complexity index is 343. The first kappa shape index (κ1) is 7.64. The molecule has 0 radical (unpaired) electrons. The van der Waals surface area contributed by atoms with Gasteiger partial charge < -0.3 is 0 Å². The van der Waals surface area contributed by atoms with E-state index in [1.165, 1.54) is 16.7 Å². The van der Waals surface area contributed by atoms with E-state index in [4.69, 9.17) is 0 Å². The van der Waals surface area contributed by atoms with E-state index in [1.807, 2.05) is 0 Å². The average molecular weight is 174 g/mol. The van der Waals surface area contributed by atoms with Gasteiger partial charge in [-0.3, -0.25) is 0 Å². The van der Waals surface area contributed by atoms with Crippen molar-refractivity contribution >= 4 is 8.19 Å². The summed E-state index contributed by atoms with van der Waals surface area (Å²) in [6.45, 7) is 2.12. The maximum absolute atomic E-state index is 2.28. The van der Waals surface area contributed by atoms with Crippen molar-refractivity contribution in [1.82, 2.24) is 0 Å². The third-order valence-corrected chi connectivity index (χ3v) is 2.82. The van der Waals surface area contributed by atoms with Crippen LogP contribution in [0, 0.1) is 6.92 Å². The molecule has 1 heterocycles. The monoisotopic (exact) mass is 174 g/mol. The Kier molecular flexibility index (Phi) is 2.01. The van der Waals surface area contributed by atoms with Crippen molar-refractivity contribution in [3.8, 4) is 11.1 Å². The van der Waals surface area contributed by atoms with Gasteiger partial charge in [-0.25, -0.2) is 0 Å². The van der Waals surface area contributed by atoms with Crippen molar-refractivity contribution in [3.05, 3.63) is 47.5 Å². The largest absolute Gasteiger partial charge is 0.139 e. The van der Waals surface area contributed by atoms with Gasteiger partial charge in [-0.2, -0.15) is 0 Å². The van der Waals surface area contributed by atoms with Crippen LogP contribution in [0.15, 0.2) is 41.9 Å². The van der Waals surface area contributed by atoms with E-state index in [2.05, 4.69) is 48.9 Å². The molecule has 0 saturated carbocycles. The van der Waals surface area contributed by atoms with Crippen LogP contribution in [0.4, 0.5) is 0 Å². The summed E-state index contributed by atoms with van der Waals surface area (Å²) in [5.41, 5.74) is 4.03. The van der Waals surface area contributed by atoms with Crippen LogP contribution in [0.3, 0.4) is 0 Å². The normalized spacial score (nSPS) is 10.8. The van der Waals surface area contributed by atoms with Gasteiger partial charge in [0, 0.05) is 0 Å². The minimum absolute atomic E-state index is 0.869. The highest BCUT2D eigenvalue weighted by molar-refractivity contribution is 7.28. The van der Waals surface area contributed by atoms with Crippen LogP contribution >= 0.6 is 8.19 Å². The minimum Gasteiger partial charge on any atom is -0.139 e. The Hall–Kier alpha value is -1.00. The Morgan fingerprint density at radius 2 is 1.67 bits per heavy atom. The van der Waals surface area contributed by atoms with Gasteiger partial charge >= 0.3 is 0 Å². The predicted molar refractivity (Wildman–Crippen MR) is 56.1 cm³/mol. The highest BCUT2D eigenvalue weighted by Gasteiger charge is 1.94. The molecule has 0 bridgehead atoms. The summed E-state index contributed by atoms with van der Waals surface area (Å²) >= 11 is 0. The van der Waals surface area contributed by atoms with Gasteiger partial charge in [0.2, 0.25) is 0 Å². The highest BCUT2D eigenvalue weighted by atomic mass is 31.0. The minimum atomic E-state index is 0.869. The average Bonchev–Trinajstić information content (AvgIpc) is 2.58. The second kappa shape index (κ2) is 3.16. The van der Waals surface area contributed by atoms with Gasteiger partial charge in [0.25, 0.3) is 0 Å². The van der Waals surface area contributed by atoms with E-state index in [0.717, 1.165) is 8.19 Å². The molecule has 1 atom stereocenters. The van der Waals surface area contributed by atoms with Gasteiger partial charge in [0.15, 0.2) is 0 Å². The number of hydrogen-bond donors (Lipinski definition) is 0. The van der Waals surface area contributed by atoms with Gasteiger partial charge in [0.05, 0.1) is 0 Å². The van der Waals surface area contributed by atoms with Crippen molar-refractivity contribution in [2.24, 2.45) is 0 Å². The van der Waals surface area contributed by atoms with Gasteiger partial charge in [-0.05, 0) is 29.6 Å². The lowest BCUT2D eigenvalue weighted by Crippen LogP contribution is -1.73. The fourth-order valence-corrected chi connectivity index (χ4v) is 2.06. The fourth-order valence-electron chi connectivity index (χ4n) is 1.25. The molecular weight excluding hydrogens is 163 g/mol. The Labute approximate surface area is 74.3 Å². The first-order valence-corrected chi connectivity index (χ1v) is 5.21. The molecule has 0 aliphatic heterocycles. The molecule has 0 fully saturated rings. The molecule has 1 aromatic carbocycles. The standard InChI is InChI=1S/C11H11P/c1-9-2-4-10(5-3-9)11-6-7-12-8-11/h2-8,12H,1H3. The predicted octanol–water partition coefficient (Wildman–Crippen LogP) is 3.69. The van der Waals surface area contributed by atoms with Crippen LogP contribution in [-0.2, 0) is 0 Å². The lowest BCUT2D eigenvalue weighted by molar-refractivity contribution is 1.47. The van der Waals surface area contributed by atoms with Crippen molar-refractivity contribution in [3.63, 3.8) is 0 Å². The molecule has 1 unspecified atom stereocenters. The molecule has 0 amide bonds. The molecule has 1 heteroatoms. The summed E-state index contributed by atoms with van der Waals surface area (Å²) in [5, 5.41) is 0. The second-order valence-electron chi connectivity index (χ2n) is 2.97. The zero-order chi connectivity index (χ0) is 8.39. The van der Waals surface area contributed by atoms with Crippen LogP contribution in [0.2, 0.25) is 0 Å². The zero-order valence-electron chi connectivity index (χ0n) is 7.04. The molecule has 0 aliphatic rings. The van der Waals surface area contributed by atoms with E-state index in [0.29, 0.717) is 0 Å². The van der Waals surface area contributed by atoms with E-state index in [1.54, 1.807) is 0 Å². The molecule has 0 spiro atoms. The van der Waals surface area contributed by atoms with E-state index in [-0.39, 0.29) is 0 Å². The van der Waals surface area contributed by atoms with Crippen molar-refractivity contribution in [1.29, 1.82) is 0 Å². The smallest absolute Gasteiger partial charge is 0.0144 e. The lowest BCUT2D eigenvalue weighted by Gasteiger charge is -1.97. The molecule has 2 rings (SSSR count). The zero-order valence-corrected chi connectivity index (χ0v) is 8.04. The van der Waals surface area contributed by atoms with Crippen LogP contribution in [0.5, 0.6) is 0 Å². The summed E-state index contributed by atoms with van der Waals surface area (Å²) in [7, 11) is 0.869. The first-order valence-electron chi connectivity index (χ1n) is 4.06. The maximum atomic E-state index is 2.28. The summed E-state index contributed by atoms with van der Waals surface area (Å²) in [6.07, 6.45) is 0. The molecule has 2 aromatic rings. The maximum Gasteiger partial charge on any atom is -0.0144 e. The molecule has 1 aromatic heterocycles. The van der Waals surface area contributed by atoms with E-state index >= 15 is 0 Å². The van der Waals surface area contributed by atoms with Crippen molar-refractivity contribution in [2.45, 2.75) is 6.92 Å². The lowest BCUT2D eigenvalue weighted by atomic mass is 10.1.